The van der Waals surface area contributed by atoms with Gasteiger partial charge < -0.3 is 15.0 Å². The summed E-state index contributed by atoms with van der Waals surface area (Å²) in [5, 5.41) is 3.31. The van der Waals surface area contributed by atoms with Gasteiger partial charge in [-0.25, -0.2) is 4.39 Å². The molecule has 1 amide bonds. The zero-order chi connectivity index (χ0) is 15.7. The summed E-state index contributed by atoms with van der Waals surface area (Å²) in [4.78, 5) is 14.3. The van der Waals surface area contributed by atoms with Crippen molar-refractivity contribution in [1.29, 1.82) is 0 Å². The van der Waals surface area contributed by atoms with Crippen LogP contribution in [0.1, 0.15) is 29.0 Å². The maximum Gasteiger partial charge on any atom is 0.257 e. The zero-order valence-electron chi connectivity index (χ0n) is 12.5. The Bertz CT molecular complexity index is 718. The number of methoxy groups -OCH3 is 1. The van der Waals surface area contributed by atoms with Crippen LogP contribution in [-0.2, 0) is 0 Å². The summed E-state index contributed by atoms with van der Waals surface area (Å²) in [6, 6.07) is 11.6. The number of halogens is 1. The first-order chi connectivity index (χ1) is 10.7. The number of carbonyl (C=O) groups is 1. The number of ether oxygens (including phenoxy) is 1. The first kappa shape index (κ1) is 14.4. The third-order valence-electron chi connectivity index (χ3n) is 3.85. The van der Waals surface area contributed by atoms with Gasteiger partial charge in [0.25, 0.3) is 5.91 Å². The lowest BCUT2D eigenvalue weighted by atomic mass is 10.0. The van der Waals surface area contributed by atoms with Gasteiger partial charge in [-0.1, -0.05) is 12.1 Å². The van der Waals surface area contributed by atoms with Crippen molar-refractivity contribution in [3.63, 3.8) is 0 Å². The first-order valence-corrected chi connectivity index (χ1v) is 7.15. The minimum absolute atomic E-state index is 0.0758. The number of fused-ring (bicyclic) bond motifs is 1. The average molecular weight is 300 g/mol. The zero-order valence-corrected chi connectivity index (χ0v) is 12.5. The van der Waals surface area contributed by atoms with Crippen LogP contribution in [0.5, 0.6) is 5.75 Å². The fourth-order valence-corrected chi connectivity index (χ4v) is 2.78. The van der Waals surface area contributed by atoms with Gasteiger partial charge in [0.15, 0.2) is 0 Å². The quantitative estimate of drug-likeness (QED) is 0.944. The summed E-state index contributed by atoms with van der Waals surface area (Å²) in [7, 11) is 1.53. The highest BCUT2D eigenvalue weighted by Crippen LogP contribution is 2.36. The number of hydrogen-bond acceptors (Lipinski definition) is 3. The SMILES string of the molecule is CCN1C(=O)c2ccccc2NC1c1cc(F)ccc1OC. The number of benzene rings is 2. The van der Waals surface area contributed by atoms with Crippen LogP contribution in [0, 0.1) is 5.82 Å². The minimum atomic E-state index is -0.460. The Morgan fingerprint density at radius 3 is 2.77 bits per heavy atom. The highest BCUT2D eigenvalue weighted by atomic mass is 19.1. The van der Waals surface area contributed by atoms with E-state index in [-0.39, 0.29) is 11.7 Å². The molecule has 22 heavy (non-hydrogen) atoms. The molecular formula is C17H17FN2O2. The fraction of sp³-hybridized carbons (Fsp3) is 0.235. The number of nitrogens with one attached hydrogen (secondary N) is 1. The highest BCUT2D eigenvalue weighted by Gasteiger charge is 2.33. The maximum absolute atomic E-state index is 13.7. The van der Waals surface area contributed by atoms with E-state index in [0.29, 0.717) is 23.4 Å². The van der Waals surface area contributed by atoms with Crippen molar-refractivity contribution in [3.05, 3.63) is 59.4 Å². The monoisotopic (exact) mass is 300 g/mol. The number of nitrogens with zero attached hydrogens (tertiary/aromatic N) is 1. The third-order valence-corrected chi connectivity index (χ3v) is 3.85. The van der Waals surface area contributed by atoms with E-state index >= 15 is 0 Å². The van der Waals surface area contributed by atoms with Gasteiger partial charge in [-0.2, -0.15) is 0 Å². The van der Waals surface area contributed by atoms with Crippen LogP contribution >= 0.6 is 0 Å². The molecule has 1 N–H and O–H groups in total. The van der Waals surface area contributed by atoms with Crippen molar-refractivity contribution in [2.45, 2.75) is 13.1 Å². The van der Waals surface area contributed by atoms with Gasteiger partial charge in [-0.3, -0.25) is 4.79 Å². The number of amides is 1. The van der Waals surface area contributed by atoms with Crippen molar-refractivity contribution < 1.29 is 13.9 Å². The molecule has 0 fully saturated rings. The number of anilines is 1. The second-order valence-electron chi connectivity index (χ2n) is 5.07. The van der Waals surface area contributed by atoms with Crippen LogP contribution in [0.4, 0.5) is 10.1 Å². The Balaban J connectivity index is 2.11. The van der Waals surface area contributed by atoms with Crippen molar-refractivity contribution in [2.24, 2.45) is 0 Å². The molecule has 1 atom stereocenters. The smallest absolute Gasteiger partial charge is 0.257 e. The molecule has 0 bridgehead atoms. The Kier molecular flexibility index (Phi) is 3.71. The number of para-hydroxylation sites is 1. The highest BCUT2D eigenvalue weighted by molar-refractivity contribution is 6.01. The predicted molar refractivity (Wildman–Crippen MR) is 82.5 cm³/mol. The number of rotatable bonds is 3. The van der Waals surface area contributed by atoms with Gasteiger partial charge in [0, 0.05) is 17.8 Å². The molecule has 0 radical (unpaired) electrons. The Labute approximate surface area is 128 Å². The van der Waals surface area contributed by atoms with Crippen molar-refractivity contribution in [2.75, 3.05) is 19.0 Å². The first-order valence-electron chi connectivity index (χ1n) is 7.15. The Morgan fingerprint density at radius 1 is 1.27 bits per heavy atom. The molecule has 0 spiro atoms. The lowest BCUT2D eigenvalue weighted by Gasteiger charge is -2.38. The summed E-state index contributed by atoms with van der Waals surface area (Å²) < 4.78 is 19.0. The topological polar surface area (TPSA) is 41.6 Å². The van der Waals surface area contributed by atoms with E-state index in [1.54, 1.807) is 17.0 Å². The van der Waals surface area contributed by atoms with E-state index in [4.69, 9.17) is 4.74 Å². The predicted octanol–water partition coefficient (Wildman–Crippen LogP) is 3.42. The summed E-state index contributed by atoms with van der Waals surface area (Å²) >= 11 is 0. The van der Waals surface area contributed by atoms with Crippen molar-refractivity contribution in [1.82, 2.24) is 4.90 Å². The molecule has 4 nitrogen and oxygen atoms in total. The molecule has 3 rings (SSSR count). The number of hydrogen-bond donors (Lipinski definition) is 1. The maximum atomic E-state index is 13.7. The van der Waals surface area contributed by atoms with Gasteiger partial charge >= 0.3 is 0 Å². The van der Waals surface area contributed by atoms with Gasteiger partial charge in [0.1, 0.15) is 17.7 Å². The van der Waals surface area contributed by atoms with Gasteiger partial charge in [-0.05, 0) is 37.3 Å². The summed E-state index contributed by atoms with van der Waals surface area (Å²) in [5.74, 6) is 0.109. The minimum Gasteiger partial charge on any atom is -0.496 e. The van der Waals surface area contributed by atoms with E-state index < -0.39 is 6.17 Å². The summed E-state index contributed by atoms with van der Waals surface area (Å²) in [6.45, 7) is 2.40. The largest absolute Gasteiger partial charge is 0.496 e. The van der Waals surface area contributed by atoms with Gasteiger partial charge in [0.2, 0.25) is 0 Å². The molecule has 5 heteroatoms. The van der Waals surface area contributed by atoms with E-state index in [9.17, 15) is 9.18 Å². The molecule has 0 saturated carbocycles. The lowest BCUT2D eigenvalue weighted by molar-refractivity contribution is 0.0693. The summed E-state index contributed by atoms with van der Waals surface area (Å²) in [5.41, 5.74) is 1.97. The molecule has 0 aliphatic carbocycles. The second kappa shape index (κ2) is 5.67. The molecule has 1 unspecified atom stereocenters. The van der Waals surface area contributed by atoms with E-state index in [2.05, 4.69) is 5.32 Å². The normalized spacial score (nSPS) is 17.0. The fourth-order valence-electron chi connectivity index (χ4n) is 2.78. The molecule has 0 saturated heterocycles. The average Bonchev–Trinajstić information content (AvgIpc) is 2.54. The van der Waals surface area contributed by atoms with Crippen LogP contribution in [-0.4, -0.2) is 24.5 Å². The third kappa shape index (κ3) is 2.28. The number of carbonyl (C=O) groups excluding carboxylic acids is 1. The van der Waals surface area contributed by atoms with Gasteiger partial charge in [0.05, 0.1) is 12.7 Å². The molecule has 2 aromatic carbocycles. The van der Waals surface area contributed by atoms with Crippen LogP contribution in [0.2, 0.25) is 0 Å². The van der Waals surface area contributed by atoms with E-state index in [1.807, 2.05) is 25.1 Å². The van der Waals surface area contributed by atoms with Crippen LogP contribution < -0.4 is 10.1 Å². The molecule has 2 aromatic rings. The Hall–Kier alpha value is -2.56. The van der Waals surface area contributed by atoms with Crippen LogP contribution in [0.25, 0.3) is 0 Å². The van der Waals surface area contributed by atoms with Crippen molar-refractivity contribution >= 4 is 11.6 Å². The molecule has 1 aliphatic heterocycles. The standard InChI is InChI=1S/C17H17FN2O2/c1-3-20-16(13-10-11(18)8-9-15(13)22-2)19-14-7-5-4-6-12(14)17(20)21/h4-10,16,19H,3H2,1-2H3. The Morgan fingerprint density at radius 2 is 2.05 bits per heavy atom. The van der Waals surface area contributed by atoms with E-state index in [1.165, 1.54) is 19.2 Å². The molecule has 114 valence electrons. The molecule has 1 aliphatic rings. The van der Waals surface area contributed by atoms with E-state index in [0.717, 1.165) is 5.69 Å². The van der Waals surface area contributed by atoms with Gasteiger partial charge in [-0.15, -0.1) is 0 Å². The molecule has 1 heterocycles. The van der Waals surface area contributed by atoms with Crippen LogP contribution in [0.3, 0.4) is 0 Å². The lowest BCUT2D eigenvalue weighted by Crippen LogP contribution is -2.42. The van der Waals surface area contributed by atoms with Crippen LogP contribution in [0.15, 0.2) is 42.5 Å². The molecule has 0 aromatic heterocycles. The summed E-state index contributed by atoms with van der Waals surface area (Å²) in [6.07, 6.45) is -0.460. The second-order valence-corrected chi connectivity index (χ2v) is 5.07. The molecular weight excluding hydrogens is 283 g/mol. The van der Waals surface area contributed by atoms with Crippen molar-refractivity contribution in [3.8, 4) is 5.75 Å².